The molecule has 0 atom stereocenters. The van der Waals surface area contributed by atoms with Gasteiger partial charge in [0.2, 0.25) is 0 Å². The van der Waals surface area contributed by atoms with Gasteiger partial charge in [0, 0.05) is 21.0 Å². The highest BCUT2D eigenvalue weighted by atomic mass is 35.5. The third-order valence-electron chi connectivity index (χ3n) is 2.82. The van der Waals surface area contributed by atoms with E-state index in [4.69, 9.17) is 23.2 Å². The van der Waals surface area contributed by atoms with E-state index in [1.54, 1.807) is 18.2 Å². The van der Waals surface area contributed by atoms with Gasteiger partial charge in [0.1, 0.15) is 0 Å². The van der Waals surface area contributed by atoms with Gasteiger partial charge in [-0.25, -0.2) is 4.79 Å². The highest BCUT2D eigenvalue weighted by Gasteiger charge is 2.10. The van der Waals surface area contributed by atoms with Crippen LogP contribution in [-0.4, -0.2) is 9.97 Å². The third kappa shape index (κ3) is 2.23. The fraction of sp³-hybridized carbons (Fsp3) is 0. The van der Waals surface area contributed by atoms with E-state index in [9.17, 15) is 4.79 Å². The number of nitrogens with one attached hydrogen (secondary N) is 1. The molecule has 0 unspecified atom stereocenters. The van der Waals surface area contributed by atoms with Crippen LogP contribution in [0.2, 0.25) is 10.0 Å². The van der Waals surface area contributed by atoms with E-state index in [1.165, 1.54) is 0 Å². The van der Waals surface area contributed by atoms with Crippen LogP contribution in [0.5, 0.6) is 0 Å². The van der Waals surface area contributed by atoms with Gasteiger partial charge >= 0.3 is 5.69 Å². The van der Waals surface area contributed by atoms with Gasteiger partial charge in [0.25, 0.3) is 0 Å². The predicted molar refractivity (Wildman–Crippen MR) is 77.8 cm³/mol. The zero-order valence-corrected chi connectivity index (χ0v) is 11.2. The molecule has 0 saturated heterocycles. The number of H-pyrrole nitrogens is 1. The van der Waals surface area contributed by atoms with Crippen LogP contribution in [0.3, 0.4) is 0 Å². The van der Waals surface area contributed by atoms with Crippen molar-refractivity contribution in [2.75, 3.05) is 0 Å². The summed E-state index contributed by atoms with van der Waals surface area (Å²) in [5.41, 5.74) is 1.50. The molecule has 5 heteroatoms. The summed E-state index contributed by atoms with van der Waals surface area (Å²) in [6.07, 6.45) is 0. The lowest BCUT2D eigenvalue weighted by atomic mass is 10.1. The summed E-state index contributed by atoms with van der Waals surface area (Å²) in [7, 11) is 0. The van der Waals surface area contributed by atoms with Gasteiger partial charge in [-0.15, -0.1) is 0 Å². The molecular formula is C14H8Cl2N2O. The molecule has 0 aliphatic carbocycles. The average Bonchev–Trinajstić information content (AvgIpc) is 2.38. The molecule has 2 aromatic carbocycles. The molecule has 1 aromatic heterocycles. The van der Waals surface area contributed by atoms with E-state index < -0.39 is 5.69 Å². The Hall–Kier alpha value is -1.84. The molecule has 0 amide bonds. The molecule has 0 saturated carbocycles. The molecule has 3 aromatic rings. The maximum atomic E-state index is 11.6. The first-order valence-corrected chi connectivity index (χ1v) is 6.35. The molecule has 3 rings (SSSR count). The van der Waals surface area contributed by atoms with Crippen molar-refractivity contribution in [1.82, 2.24) is 9.97 Å². The summed E-state index contributed by atoms with van der Waals surface area (Å²) in [6.45, 7) is 0. The van der Waals surface area contributed by atoms with Gasteiger partial charge in [-0.2, -0.15) is 4.98 Å². The number of halogens is 2. The quantitative estimate of drug-likeness (QED) is 0.739. The first-order chi connectivity index (χ1) is 9.15. The highest BCUT2D eigenvalue weighted by Crippen LogP contribution is 2.30. The second-order valence-corrected chi connectivity index (χ2v) is 4.90. The summed E-state index contributed by atoms with van der Waals surface area (Å²) in [5, 5.41) is 1.91. The Bertz CT molecular complexity index is 827. The number of fused-ring (bicyclic) bond motifs is 1. The van der Waals surface area contributed by atoms with Crippen LogP contribution in [0.15, 0.2) is 47.3 Å². The molecular weight excluding hydrogens is 283 g/mol. The molecule has 19 heavy (non-hydrogen) atoms. The number of hydrogen-bond donors (Lipinski definition) is 1. The first kappa shape index (κ1) is 12.2. The van der Waals surface area contributed by atoms with E-state index in [0.717, 1.165) is 10.9 Å². The van der Waals surface area contributed by atoms with Gasteiger partial charge in [0.15, 0.2) is 0 Å². The summed E-state index contributed by atoms with van der Waals surface area (Å²) in [5.74, 6) is 0. The normalized spacial score (nSPS) is 10.8. The Labute approximate surface area is 118 Å². The molecule has 1 heterocycles. The molecule has 3 nitrogen and oxygen atoms in total. The summed E-state index contributed by atoms with van der Waals surface area (Å²) in [4.78, 5) is 18.3. The maximum Gasteiger partial charge on any atom is 0.345 e. The van der Waals surface area contributed by atoms with Crippen LogP contribution in [0.1, 0.15) is 0 Å². The zero-order chi connectivity index (χ0) is 13.4. The van der Waals surface area contributed by atoms with Crippen molar-refractivity contribution in [2.45, 2.75) is 0 Å². The zero-order valence-electron chi connectivity index (χ0n) is 9.65. The van der Waals surface area contributed by atoms with E-state index in [-0.39, 0.29) is 0 Å². The van der Waals surface area contributed by atoms with Crippen molar-refractivity contribution in [3.63, 3.8) is 0 Å². The Kier molecular flexibility index (Phi) is 3.01. The summed E-state index contributed by atoms with van der Waals surface area (Å²) in [6, 6.07) is 12.5. The SMILES string of the molecule is O=c1nc(-c2ccccc2Cl)c2ccc(Cl)cc2[nH]1. The minimum absolute atomic E-state index is 0.426. The number of rotatable bonds is 1. The minimum Gasteiger partial charge on any atom is -0.305 e. The second kappa shape index (κ2) is 4.68. The summed E-state index contributed by atoms with van der Waals surface area (Å²) < 4.78 is 0. The van der Waals surface area contributed by atoms with Crippen LogP contribution in [0, 0.1) is 0 Å². The molecule has 0 aliphatic rings. The number of aromatic amines is 1. The molecule has 0 radical (unpaired) electrons. The second-order valence-electron chi connectivity index (χ2n) is 4.06. The minimum atomic E-state index is -0.426. The van der Waals surface area contributed by atoms with Crippen molar-refractivity contribution < 1.29 is 0 Å². The highest BCUT2D eigenvalue weighted by molar-refractivity contribution is 6.33. The molecule has 1 N–H and O–H groups in total. The number of nitrogens with zero attached hydrogens (tertiary/aromatic N) is 1. The van der Waals surface area contributed by atoms with E-state index in [1.807, 2.05) is 24.3 Å². The van der Waals surface area contributed by atoms with E-state index >= 15 is 0 Å². The van der Waals surface area contributed by atoms with Crippen LogP contribution in [-0.2, 0) is 0 Å². The monoisotopic (exact) mass is 290 g/mol. The lowest BCUT2D eigenvalue weighted by molar-refractivity contribution is 1.12. The number of aromatic nitrogens is 2. The van der Waals surface area contributed by atoms with Crippen LogP contribution >= 0.6 is 23.2 Å². The van der Waals surface area contributed by atoms with Crippen LogP contribution < -0.4 is 5.69 Å². The lowest BCUT2D eigenvalue weighted by Crippen LogP contribution is -2.11. The Morgan fingerprint density at radius 1 is 1.05 bits per heavy atom. The average molecular weight is 291 g/mol. The van der Waals surface area contributed by atoms with Crippen molar-refractivity contribution >= 4 is 34.1 Å². The standard InChI is InChI=1S/C14H8Cl2N2O/c15-8-5-6-10-12(7-8)17-14(19)18-13(10)9-3-1-2-4-11(9)16/h1-7H,(H,17,18,19). The molecule has 0 bridgehead atoms. The van der Waals surface area contributed by atoms with Gasteiger partial charge in [-0.1, -0.05) is 41.4 Å². The van der Waals surface area contributed by atoms with Crippen LogP contribution in [0.25, 0.3) is 22.2 Å². The maximum absolute atomic E-state index is 11.6. The van der Waals surface area contributed by atoms with Gasteiger partial charge in [-0.05, 0) is 24.3 Å². The predicted octanol–water partition coefficient (Wildman–Crippen LogP) is 3.90. The van der Waals surface area contributed by atoms with Crippen LogP contribution in [0.4, 0.5) is 0 Å². The fourth-order valence-electron chi connectivity index (χ4n) is 1.99. The fourth-order valence-corrected chi connectivity index (χ4v) is 2.39. The first-order valence-electron chi connectivity index (χ1n) is 5.59. The van der Waals surface area contributed by atoms with Gasteiger partial charge < -0.3 is 4.98 Å². The van der Waals surface area contributed by atoms with E-state index in [2.05, 4.69) is 9.97 Å². The van der Waals surface area contributed by atoms with E-state index in [0.29, 0.717) is 21.3 Å². The molecule has 0 spiro atoms. The van der Waals surface area contributed by atoms with Crippen molar-refractivity contribution in [1.29, 1.82) is 0 Å². The van der Waals surface area contributed by atoms with Crippen molar-refractivity contribution in [2.24, 2.45) is 0 Å². The summed E-state index contributed by atoms with van der Waals surface area (Å²) >= 11 is 12.1. The Morgan fingerprint density at radius 3 is 2.63 bits per heavy atom. The molecule has 0 fully saturated rings. The molecule has 94 valence electrons. The number of benzene rings is 2. The largest absolute Gasteiger partial charge is 0.345 e. The van der Waals surface area contributed by atoms with Crippen molar-refractivity contribution in [3.05, 3.63) is 63.0 Å². The lowest BCUT2D eigenvalue weighted by Gasteiger charge is -2.07. The van der Waals surface area contributed by atoms with Gasteiger partial charge in [0.05, 0.1) is 11.2 Å². The van der Waals surface area contributed by atoms with Gasteiger partial charge in [-0.3, -0.25) is 0 Å². The Balaban J connectivity index is 2.41. The van der Waals surface area contributed by atoms with Crippen molar-refractivity contribution in [3.8, 4) is 11.3 Å². The number of hydrogen-bond acceptors (Lipinski definition) is 2. The third-order valence-corrected chi connectivity index (χ3v) is 3.39. The Morgan fingerprint density at radius 2 is 1.84 bits per heavy atom. The smallest absolute Gasteiger partial charge is 0.305 e. The molecule has 0 aliphatic heterocycles. The topological polar surface area (TPSA) is 45.8 Å².